The van der Waals surface area contributed by atoms with E-state index in [9.17, 15) is 26.0 Å². The number of hydrogen-bond donors (Lipinski definition) is 1. The first-order chi connectivity index (χ1) is 13.0. The predicted molar refractivity (Wildman–Crippen MR) is 90.8 cm³/mol. The maximum Gasteiger partial charge on any atom is 0.468 e. The van der Waals surface area contributed by atoms with Crippen LogP contribution in [-0.2, 0) is 20.9 Å². The number of ether oxygens (including phenoxy) is 1. The van der Waals surface area contributed by atoms with Crippen molar-refractivity contribution in [2.45, 2.75) is 30.9 Å². The third-order valence-corrected chi connectivity index (χ3v) is 5.33. The van der Waals surface area contributed by atoms with Gasteiger partial charge in [-0.1, -0.05) is 12.2 Å². The van der Waals surface area contributed by atoms with Crippen LogP contribution in [0, 0.1) is 0 Å². The number of primary sulfonamides is 1. The highest BCUT2D eigenvalue weighted by Crippen LogP contribution is 2.41. The molecule has 2 N–H and O–H groups in total. The molecular formula is C17H16F4N2O4S. The van der Waals surface area contributed by atoms with Gasteiger partial charge in [0, 0.05) is 11.8 Å². The molecule has 0 bridgehead atoms. The fourth-order valence-electron chi connectivity index (χ4n) is 3.03. The molecular weight excluding hydrogens is 404 g/mol. The van der Waals surface area contributed by atoms with Crippen LogP contribution in [0.2, 0.25) is 0 Å². The van der Waals surface area contributed by atoms with Crippen molar-refractivity contribution < 1.29 is 35.1 Å². The minimum atomic E-state index is -4.82. The summed E-state index contributed by atoms with van der Waals surface area (Å²) in [4.78, 5) is 3.44. The van der Waals surface area contributed by atoms with Crippen molar-refractivity contribution >= 4 is 10.0 Å². The Labute approximate surface area is 158 Å². The number of halogens is 4. The van der Waals surface area contributed by atoms with Gasteiger partial charge in [0.1, 0.15) is 11.5 Å². The zero-order chi connectivity index (χ0) is 20.7. The first-order valence-corrected chi connectivity index (χ1v) is 9.66. The molecule has 2 aliphatic rings. The molecule has 28 heavy (non-hydrogen) atoms. The lowest BCUT2D eigenvalue weighted by Gasteiger charge is -2.19. The molecule has 11 heteroatoms. The van der Waals surface area contributed by atoms with Crippen LogP contribution in [0.1, 0.15) is 42.0 Å². The smallest absolute Gasteiger partial charge is 0.468 e. The molecule has 0 saturated carbocycles. The average molecular weight is 420 g/mol. The maximum absolute atomic E-state index is 14.1. The van der Waals surface area contributed by atoms with Gasteiger partial charge < -0.3 is 9.15 Å². The summed E-state index contributed by atoms with van der Waals surface area (Å²) >= 11 is 0. The molecule has 0 fully saturated rings. The van der Waals surface area contributed by atoms with Crippen LogP contribution in [0.25, 0.3) is 0 Å². The molecule has 2 unspecified atom stereocenters. The van der Waals surface area contributed by atoms with E-state index >= 15 is 0 Å². The van der Waals surface area contributed by atoms with Crippen molar-refractivity contribution in [3.63, 3.8) is 0 Å². The number of hydrogen-bond acceptors (Lipinski definition) is 5. The average Bonchev–Trinajstić information content (AvgIpc) is 3.07. The standard InChI is InChI=1S/C17H16F4N2O4S/c1-26-13-7-4-10(8-12(13)18)15-14(23-16(27-15)17(19,20)21)9-2-5-11(6-3-9)28(22,24)25/h2,5-10H,3-4H2,1H3,(H2,22,24,25). The van der Waals surface area contributed by atoms with E-state index in [4.69, 9.17) is 14.3 Å². The summed E-state index contributed by atoms with van der Waals surface area (Å²) in [5.74, 6) is -3.78. The maximum atomic E-state index is 14.1. The number of allylic oxidation sites excluding steroid dienone is 6. The van der Waals surface area contributed by atoms with Crippen molar-refractivity contribution in [1.29, 1.82) is 0 Å². The van der Waals surface area contributed by atoms with Gasteiger partial charge in [0.05, 0.1) is 17.7 Å². The Kier molecular flexibility index (Phi) is 5.24. The molecule has 0 amide bonds. The molecule has 0 saturated heterocycles. The second kappa shape index (κ2) is 7.21. The highest BCUT2D eigenvalue weighted by atomic mass is 32.2. The first-order valence-electron chi connectivity index (χ1n) is 8.11. The summed E-state index contributed by atoms with van der Waals surface area (Å²) in [6, 6.07) is 0. The Morgan fingerprint density at radius 1 is 1.25 bits per heavy atom. The quantitative estimate of drug-likeness (QED) is 0.748. The predicted octanol–water partition coefficient (Wildman–Crippen LogP) is 3.78. The summed E-state index contributed by atoms with van der Waals surface area (Å²) in [7, 11) is -2.65. The van der Waals surface area contributed by atoms with Gasteiger partial charge in [-0.2, -0.15) is 13.2 Å². The van der Waals surface area contributed by atoms with Crippen LogP contribution < -0.4 is 5.14 Å². The summed E-state index contributed by atoms with van der Waals surface area (Å²) < 4.78 is 86.0. The number of methoxy groups -OCH3 is 1. The lowest BCUT2D eigenvalue weighted by Crippen LogP contribution is -2.16. The van der Waals surface area contributed by atoms with E-state index in [0.717, 1.165) is 6.08 Å². The molecule has 152 valence electrons. The topological polar surface area (TPSA) is 95.4 Å². The van der Waals surface area contributed by atoms with E-state index < -0.39 is 39.8 Å². The fourth-order valence-corrected chi connectivity index (χ4v) is 3.63. The summed E-state index contributed by atoms with van der Waals surface area (Å²) in [6.07, 6.45) is 1.80. The molecule has 0 aliphatic heterocycles. The number of nitrogens with zero attached hydrogens (tertiary/aromatic N) is 1. The van der Waals surface area contributed by atoms with Crippen LogP contribution in [0.4, 0.5) is 17.6 Å². The van der Waals surface area contributed by atoms with E-state index in [0.29, 0.717) is 0 Å². The molecule has 6 nitrogen and oxygen atoms in total. The van der Waals surface area contributed by atoms with Gasteiger partial charge in [0.25, 0.3) is 0 Å². The normalized spacial score (nSPS) is 23.1. The molecule has 0 spiro atoms. The van der Waals surface area contributed by atoms with Gasteiger partial charge >= 0.3 is 12.1 Å². The van der Waals surface area contributed by atoms with Gasteiger partial charge in [-0.25, -0.2) is 22.9 Å². The Morgan fingerprint density at radius 3 is 2.43 bits per heavy atom. The highest BCUT2D eigenvalue weighted by Gasteiger charge is 2.40. The van der Waals surface area contributed by atoms with Crippen molar-refractivity contribution in [2.75, 3.05) is 7.11 Å². The minimum Gasteiger partial charge on any atom is -0.494 e. The van der Waals surface area contributed by atoms with Gasteiger partial charge in [-0.3, -0.25) is 0 Å². The Morgan fingerprint density at radius 2 is 1.93 bits per heavy atom. The molecule has 1 heterocycles. The van der Waals surface area contributed by atoms with Crippen LogP contribution in [-0.4, -0.2) is 20.5 Å². The van der Waals surface area contributed by atoms with Gasteiger partial charge in [0.15, 0.2) is 5.83 Å². The summed E-state index contributed by atoms with van der Waals surface area (Å²) in [6.45, 7) is 0. The zero-order valence-corrected chi connectivity index (χ0v) is 15.3. The van der Waals surface area contributed by atoms with E-state index in [1.54, 1.807) is 0 Å². The third-order valence-electron chi connectivity index (χ3n) is 4.37. The molecule has 1 aromatic rings. The fraction of sp³-hybridized carbons (Fsp3) is 0.353. The van der Waals surface area contributed by atoms with Gasteiger partial charge in [-0.15, -0.1) is 0 Å². The molecule has 2 aliphatic carbocycles. The third kappa shape index (κ3) is 4.04. The Bertz CT molecular complexity index is 1000. The van der Waals surface area contributed by atoms with Crippen LogP contribution >= 0.6 is 0 Å². The largest absolute Gasteiger partial charge is 0.494 e. The zero-order valence-electron chi connectivity index (χ0n) is 14.5. The Hall–Kier alpha value is -2.40. The number of alkyl halides is 3. The van der Waals surface area contributed by atoms with Gasteiger partial charge in [0.2, 0.25) is 10.0 Å². The van der Waals surface area contributed by atoms with Crippen LogP contribution in [0.5, 0.6) is 0 Å². The SMILES string of the molecule is COC1=CCC(c2oc(C(F)(F)F)nc2C2C=CC(S(N)(=O)=O)=CC2)C=C1F. The minimum absolute atomic E-state index is 0.00773. The molecule has 0 aromatic carbocycles. The second-order valence-corrected chi connectivity index (χ2v) is 7.81. The monoisotopic (exact) mass is 420 g/mol. The summed E-state index contributed by atoms with van der Waals surface area (Å²) in [5, 5.41) is 5.05. The van der Waals surface area contributed by atoms with Crippen LogP contribution in [0.15, 0.2) is 51.3 Å². The molecule has 1 aromatic heterocycles. The molecule has 3 rings (SSSR count). The van der Waals surface area contributed by atoms with Crippen LogP contribution in [0.3, 0.4) is 0 Å². The first kappa shape index (κ1) is 20.3. The number of rotatable bonds is 4. The van der Waals surface area contributed by atoms with E-state index in [2.05, 4.69) is 4.98 Å². The number of oxazole rings is 1. The van der Waals surface area contributed by atoms with E-state index in [-0.39, 0.29) is 35.0 Å². The van der Waals surface area contributed by atoms with Crippen molar-refractivity contribution in [1.82, 2.24) is 4.98 Å². The van der Waals surface area contributed by atoms with Crippen molar-refractivity contribution in [3.8, 4) is 0 Å². The van der Waals surface area contributed by atoms with Crippen molar-refractivity contribution in [3.05, 3.63) is 64.2 Å². The highest BCUT2D eigenvalue weighted by molar-refractivity contribution is 7.93. The van der Waals surface area contributed by atoms with E-state index in [1.807, 2.05) is 0 Å². The lowest BCUT2D eigenvalue weighted by atomic mass is 9.89. The van der Waals surface area contributed by atoms with Gasteiger partial charge in [-0.05, 0) is 31.1 Å². The molecule has 0 radical (unpaired) electrons. The van der Waals surface area contributed by atoms with Crippen molar-refractivity contribution in [2.24, 2.45) is 5.14 Å². The number of sulfonamides is 1. The molecule has 2 atom stereocenters. The lowest BCUT2D eigenvalue weighted by molar-refractivity contribution is -0.157. The summed E-state index contributed by atoms with van der Waals surface area (Å²) in [5.41, 5.74) is -0.0309. The number of aromatic nitrogens is 1. The second-order valence-electron chi connectivity index (χ2n) is 6.25. The Balaban J connectivity index is 1.98. The number of nitrogens with two attached hydrogens (primary N) is 1. The van der Waals surface area contributed by atoms with E-state index in [1.165, 1.54) is 31.4 Å².